The third-order valence-electron chi connectivity index (χ3n) is 5.10. The number of ether oxygens (including phenoxy) is 1. The molecule has 7 heteroatoms. The molecule has 0 atom stereocenters. The van der Waals surface area contributed by atoms with Gasteiger partial charge in [0.05, 0.1) is 31.1 Å². The summed E-state index contributed by atoms with van der Waals surface area (Å²) in [4.78, 5) is 33.5. The van der Waals surface area contributed by atoms with Gasteiger partial charge < -0.3 is 9.64 Å². The maximum absolute atomic E-state index is 13.0. The molecule has 0 saturated carbocycles. The smallest absolute Gasteiger partial charge is 0.358 e. The predicted octanol–water partition coefficient (Wildman–Crippen LogP) is 2.38. The van der Waals surface area contributed by atoms with Crippen LogP contribution in [0.3, 0.4) is 0 Å². The monoisotopic (exact) mass is 368 g/mol. The molecule has 1 amide bonds. The summed E-state index contributed by atoms with van der Waals surface area (Å²) in [6.45, 7) is 4.79. The van der Waals surface area contributed by atoms with E-state index in [1.807, 2.05) is 28.8 Å². The van der Waals surface area contributed by atoms with Crippen LogP contribution in [0.1, 0.15) is 42.5 Å². The summed E-state index contributed by atoms with van der Waals surface area (Å²) in [6, 6.07) is 7.73. The molecule has 1 fully saturated rings. The van der Waals surface area contributed by atoms with Crippen LogP contribution in [-0.2, 0) is 16.1 Å². The van der Waals surface area contributed by atoms with E-state index < -0.39 is 5.97 Å². The number of carbonyl (C=O) groups is 2. The van der Waals surface area contributed by atoms with Crippen LogP contribution in [0.4, 0.5) is 5.69 Å². The highest BCUT2D eigenvalue weighted by Gasteiger charge is 2.30. The van der Waals surface area contributed by atoms with Gasteiger partial charge in [-0.3, -0.25) is 14.3 Å². The Hall–Kier alpha value is -2.67. The summed E-state index contributed by atoms with van der Waals surface area (Å²) in [7, 11) is 0. The van der Waals surface area contributed by atoms with Crippen molar-refractivity contribution in [1.82, 2.24) is 14.5 Å². The third-order valence-corrected chi connectivity index (χ3v) is 5.10. The Kier molecular flexibility index (Phi) is 4.94. The number of carbonyl (C=O) groups excluding carboxylic acids is 2. The molecular weight excluding hydrogens is 344 g/mol. The standard InChI is InChI=1S/C20H24N4O3/c1-2-27-20(26)15-12-23-16-8-4-5-9-17(16)24(13-18(23)21-15)19(25)14-22-10-6-3-7-11-22/h4-5,8-9,12H,2-3,6-7,10-11,13-14H2,1H3. The fourth-order valence-electron chi connectivity index (χ4n) is 3.78. The van der Waals surface area contributed by atoms with Crippen LogP contribution in [0.2, 0.25) is 0 Å². The average molecular weight is 368 g/mol. The Morgan fingerprint density at radius 1 is 1.11 bits per heavy atom. The van der Waals surface area contributed by atoms with E-state index in [0.29, 0.717) is 25.5 Å². The molecule has 0 N–H and O–H groups in total. The van der Waals surface area contributed by atoms with Crippen molar-refractivity contribution >= 4 is 17.6 Å². The van der Waals surface area contributed by atoms with Crippen LogP contribution in [0.25, 0.3) is 5.69 Å². The number of piperidine rings is 1. The van der Waals surface area contributed by atoms with Gasteiger partial charge in [0.2, 0.25) is 5.91 Å². The number of aromatic nitrogens is 2. The van der Waals surface area contributed by atoms with Gasteiger partial charge >= 0.3 is 5.97 Å². The van der Waals surface area contributed by atoms with Crippen LogP contribution in [0, 0.1) is 0 Å². The number of para-hydroxylation sites is 2. The van der Waals surface area contributed by atoms with Crippen molar-refractivity contribution in [3.63, 3.8) is 0 Å². The van der Waals surface area contributed by atoms with Gasteiger partial charge in [-0.2, -0.15) is 0 Å². The number of imidazole rings is 1. The zero-order valence-corrected chi connectivity index (χ0v) is 15.6. The molecule has 7 nitrogen and oxygen atoms in total. The first-order valence-corrected chi connectivity index (χ1v) is 9.55. The highest BCUT2D eigenvalue weighted by molar-refractivity contribution is 5.97. The second-order valence-electron chi connectivity index (χ2n) is 6.94. The summed E-state index contributed by atoms with van der Waals surface area (Å²) < 4.78 is 6.95. The molecule has 142 valence electrons. The molecular formula is C20H24N4O3. The zero-order chi connectivity index (χ0) is 18.8. The van der Waals surface area contributed by atoms with E-state index in [9.17, 15) is 9.59 Å². The predicted molar refractivity (Wildman–Crippen MR) is 101 cm³/mol. The third kappa shape index (κ3) is 3.47. The second-order valence-corrected chi connectivity index (χ2v) is 6.94. The number of fused-ring (bicyclic) bond motifs is 3. The Morgan fingerprint density at radius 3 is 2.59 bits per heavy atom. The molecule has 1 aromatic carbocycles. The van der Waals surface area contributed by atoms with Gasteiger partial charge in [-0.05, 0) is 45.0 Å². The molecule has 27 heavy (non-hydrogen) atoms. The molecule has 0 aliphatic carbocycles. The maximum Gasteiger partial charge on any atom is 0.358 e. The average Bonchev–Trinajstić information content (AvgIpc) is 3.13. The lowest BCUT2D eigenvalue weighted by Crippen LogP contribution is -2.43. The van der Waals surface area contributed by atoms with Crippen LogP contribution in [-0.4, -0.2) is 52.6 Å². The van der Waals surface area contributed by atoms with Crippen molar-refractivity contribution in [2.75, 3.05) is 31.1 Å². The molecule has 2 aliphatic rings. The summed E-state index contributed by atoms with van der Waals surface area (Å²) in [5, 5.41) is 0. The lowest BCUT2D eigenvalue weighted by molar-refractivity contribution is -0.120. The first-order valence-electron chi connectivity index (χ1n) is 9.55. The Balaban J connectivity index is 1.62. The number of benzene rings is 1. The number of amides is 1. The lowest BCUT2D eigenvalue weighted by atomic mass is 10.1. The van der Waals surface area contributed by atoms with E-state index in [1.54, 1.807) is 18.0 Å². The first-order chi connectivity index (χ1) is 13.2. The van der Waals surface area contributed by atoms with E-state index in [4.69, 9.17) is 4.74 Å². The van der Waals surface area contributed by atoms with E-state index in [2.05, 4.69) is 9.88 Å². The van der Waals surface area contributed by atoms with Gasteiger partial charge in [0.15, 0.2) is 5.69 Å². The summed E-state index contributed by atoms with van der Waals surface area (Å²) in [5.74, 6) is 0.295. The number of hydrogen-bond donors (Lipinski definition) is 0. The number of anilines is 1. The molecule has 0 spiro atoms. The fraction of sp³-hybridized carbons (Fsp3) is 0.450. The molecule has 0 radical (unpaired) electrons. The van der Waals surface area contributed by atoms with Crippen molar-refractivity contribution in [1.29, 1.82) is 0 Å². The van der Waals surface area contributed by atoms with Crippen LogP contribution >= 0.6 is 0 Å². The SMILES string of the molecule is CCOC(=O)c1cn2c(n1)CN(C(=O)CN1CCCCC1)c1ccccc1-2. The zero-order valence-electron chi connectivity index (χ0n) is 15.6. The largest absolute Gasteiger partial charge is 0.461 e. The molecule has 0 bridgehead atoms. The molecule has 4 rings (SSSR count). The van der Waals surface area contributed by atoms with E-state index in [-0.39, 0.29) is 11.6 Å². The molecule has 3 heterocycles. The molecule has 1 aromatic heterocycles. The highest BCUT2D eigenvalue weighted by Crippen LogP contribution is 2.32. The van der Waals surface area contributed by atoms with Crippen molar-refractivity contribution in [3.8, 4) is 5.69 Å². The molecule has 0 unspecified atom stereocenters. The minimum absolute atomic E-state index is 0.0660. The number of hydrogen-bond acceptors (Lipinski definition) is 5. The van der Waals surface area contributed by atoms with Crippen molar-refractivity contribution in [2.45, 2.75) is 32.7 Å². The van der Waals surface area contributed by atoms with Gasteiger partial charge in [-0.15, -0.1) is 0 Å². The van der Waals surface area contributed by atoms with Crippen LogP contribution in [0.15, 0.2) is 30.5 Å². The van der Waals surface area contributed by atoms with E-state index >= 15 is 0 Å². The fourth-order valence-corrected chi connectivity index (χ4v) is 3.78. The summed E-state index contributed by atoms with van der Waals surface area (Å²) >= 11 is 0. The van der Waals surface area contributed by atoms with E-state index in [0.717, 1.165) is 37.3 Å². The van der Waals surface area contributed by atoms with Gasteiger partial charge in [0.25, 0.3) is 0 Å². The quantitative estimate of drug-likeness (QED) is 0.775. The molecule has 2 aromatic rings. The second kappa shape index (κ2) is 7.52. The molecule has 2 aliphatic heterocycles. The van der Waals surface area contributed by atoms with Crippen molar-refractivity contribution in [2.24, 2.45) is 0 Å². The topological polar surface area (TPSA) is 67.7 Å². The number of esters is 1. The number of likely N-dealkylation sites (tertiary alicyclic amines) is 1. The molecule has 1 saturated heterocycles. The van der Waals surface area contributed by atoms with E-state index in [1.165, 1.54) is 6.42 Å². The highest BCUT2D eigenvalue weighted by atomic mass is 16.5. The Bertz CT molecular complexity index is 855. The maximum atomic E-state index is 13.0. The van der Waals surface area contributed by atoms with Crippen LogP contribution < -0.4 is 4.90 Å². The van der Waals surface area contributed by atoms with Crippen LogP contribution in [0.5, 0.6) is 0 Å². The van der Waals surface area contributed by atoms with Gasteiger partial charge in [0, 0.05) is 6.20 Å². The first kappa shape index (κ1) is 17.7. The number of nitrogens with zero attached hydrogens (tertiary/aromatic N) is 4. The Morgan fingerprint density at radius 2 is 1.85 bits per heavy atom. The van der Waals surface area contributed by atoms with Crippen molar-refractivity contribution < 1.29 is 14.3 Å². The summed E-state index contributed by atoms with van der Waals surface area (Å²) in [6.07, 6.45) is 5.23. The minimum atomic E-state index is -0.442. The van der Waals surface area contributed by atoms with Crippen molar-refractivity contribution in [3.05, 3.63) is 42.0 Å². The van der Waals surface area contributed by atoms with Gasteiger partial charge in [-0.25, -0.2) is 9.78 Å². The lowest BCUT2D eigenvalue weighted by Gasteiger charge is -2.33. The minimum Gasteiger partial charge on any atom is -0.461 e. The number of rotatable bonds is 4. The van der Waals surface area contributed by atoms with Gasteiger partial charge in [0.1, 0.15) is 5.82 Å². The summed E-state index contributed by atoms with van der Waals surface area (Å²) in [5.41, 5.74) is 1.97. The van der Waals surface area contributed by atoms with Gasteiger partial charge in [-0.1, -0.05) is 18.6 Å². The Labute approximate surface area is 158 Å². The normalized spacial score (nSPS) is 16.6.